The van der Waals surface area contributed by atoms with E-state index < -0.39 is 231 Å². The molecular formula is C80H135N25O10. The molecule has 19 unspecified atom stereocenters. The smallest absolute Gasteiger partial charge is 0.254 e. The van der Waals surface area contributed by atoms with E-state index in [4.69, 9.17) is 72.5 Å². The van der Waals surface area contributed by atoms with Gasteiger partial charge in [-0.3, -0.25) is 34.0 Å². The number of H-pyrrole nitrogens is 2. The number of aliphatic hydroxyl groups is 5. The van der Waals surface area contributed by atoms with Crippen LogP contribution >= 0.6 is 0 Å². The molecule has 5 aliphatic carbocycles. The molecule has 5 aromatic heterocycles. The quantitative estimate of drug-likeness (QED) is 0.0402. The van der Waals surface area contributed by atoms with Crippen molar-refractivity contribution in [3.63, 3.8) is 0 Å². The molecule has 19 atom stereocenters. The molecule has 35 heteroatoms. The van der Waals surface area contributed by atoms with E-state index in [1.165, 1.54) is 20.0 Å². The molecule has 0 bridgehead atoms. The van der Waals surface area contributed by atoms with E-state index in [0.717, 1.165) is 58.8 Å². The zero-order chi connectivity index (χ0) is 113. The third-order valence-electron chi connectivity index (χ3n) is 17.6. The van der Waals surface area contributed by atoms with Gasteiger partial charge in [0.25, 0.3) is 29.5 Å². The maximum absolute atomic E-state index is 11.9. The number of anilines is 8. The number of aromatic amines is 2. The predicted octanol–water partition coefficient (Wildman–Crippen LogP) is 7.58. The van der Waals surface area contributed by atoms with Crippen molar-refractivity contribution in [2.75, 3.05) is 42.5 Å². The van der Waals surface area contributed by atoms with Gasteiger partial charge in [0.15, 0.2) is 0 Å². The normalized spacial score (nSPS) is 36.2. The average molecular weight is 1640 g/mol. The van der Waals surface area contributed by atoms with Gasteiger partial charge in [0.1, 0.15) is 28.4 Å². The van der Waals surface area contributed by atoms with Crippen LogP contribution in [0.3, 0.4) is 0 Å². The standard InChI is InChI=1S/5C16H27N5O2/c5*1-9-5-6-10(7-12(9)22)19-14-11(13(17)23)8-18-15(20-14)21-16(2,3)4/h5*8-10,12,22H,5-7H2,1-4H3,(H2,17,23)(H2,18,19,20,21)/i5D2,6D,7D,8D,9D,10D;5D,6D2,7D,8D,9D,10D;2D3,3D3,4D3;2D3,3D3;2D3. The van der Waals surface area contributed by atoms with Crippen LogP contribution in [-0.2, 0) is 0 Å². The molecule has 5 amide bonds. The number of amides is 5. The van der Waals surface area contributed by atoms with E-state index in [1.807, 2.05) is 26.1 Å². The third-order valence-corrected chi connectivity index (χ3v) is 17.6. The number of carbonyl (C=O) groups excluding carboxylic acids is 5. The average Bonchev–Trinajstić information content (AvgIpc) is 0.714. The molecule has 0 radical (unpaired) electrons. The number of hydrogen-bond donors (Lipinski definition) is 20. The summed E-state index contributed by atoms with van der Waals surface area (Å²) in [5, 5.41) is 73.2. The molecule has 5 aromatic rings. The summed E-state index contributed by atoms with van der Waals surface area (Å²) in [6, 6.07) is -5.94. The van der Waals surface area contributed by atoms with E-state index in [-0.39, 0.29) is 93.8 Å². The molecule has 0 aliphatic heterocycles. The van der Waals surface area contributed by atoms with Crippen LogP contribution in [0.5, 0.6) is 0 Å². The summed E-state index contributed by atoms with van der Waals surface area (Å²) in [7, 11) is 0. The summed E-state index contributed by atoms with van der Waals surface area (Å²) in [6.07, 6.45) is -10.7. The molecular weight excluding hydrogens is 1470 g/mol. The van der Waals surface area contributed by atoms with Crippen LogP contribution in [0.4, 0.5) is 47.2 Å². The lowest BCUT2D eigenvalue weighted by molar-refractivity contribution is 0.0702. The summed E-state index contributed by atoms with van der Waals surface area (Å²) in [4.78, 5) is 104. The zero-order valence-corrected chi connectivity index (χ0v) is 66.9. The van der Waals surface area contributed by atoms with Crippen molar-refractivity contribution in [3.8, 4) is 0 Å². The van der Waals surface area contributed by atoms with E-state index in [2.05, 4.69) is 97.0 Å². The first-order valence-electron chi connectivity index (χ1n) is 53.2. The number of primary amides is 5. The number of nitrogens with two attached hydrogens (primary N) is 5. The van der Waals surface area contributed by atoms with Crippen molar-refractivity contribution in [2.24, 2.45) is 68.2 Å². The molecule has 5 aliphatic rings. The molecule has 10 rings (SSSR count). The Labute approximate surface area is 721 Å². The van der Waals surface area contributed by atoms with Crippen LogP contribution in [0.15, 0.2) is 40.9 Å². The second-order valence-electron chi connectivity index (χ2n) is 31.5. The van der Waals surface area contributed by atoms with Crippen molar-refractivity contribution in [3.05, 3.63) is 69.7 Å². The van der Waals surface area contributed by atoms with Crippen molar-refractivity contribution >= 4 is 76.7 Å². The van der Waals surface area contributed by atoms with Gasteiger partial charge >= 0.3 is 0 Å². The number of nitrogens with one attached hydrogen (secondary N) is 10. The van der Waals surface area contributed by atoms with Gasteiger partial charge in [0.2, 0.25) is 29.7 Å². The van der Waals surface area contributed by atoms with Gasteiger partial charge in [0, 0.05) is 115 Å². The number of aliphatic hydroxyl groups excluding tert-OH is 5. The maximum Gasteiger partial charge on any atom is 0.254 e. The summed E-state index contributed by atoms with van der Waals surface area (Å²) in [6.45, 7) is 4.37. The molecule has 5 saturated carbocycles. The molecule has 640 valence electrons. The van der Waals surface area contributed by atoms with Crippen LogP contribution in [-0.4, -0.2) is 193 Å². The second-order valence-corrected chi connectivity index (χ2v) is 31.5. The van der Waals surface area contributed by atoms with Crippen LogP contribution in [0.1, 0.15) is 330 Å². The van der Waals surface area contributed by atoms with Gasteiger partial charge in [0.05, 0.1) is 75.9 Å². The summed E-state index contributed by atoms with van der Waals surface area (Å²) in [5.41, 5.74) is 16.8. The maximum atomic E-state index is 11.9. The number of hydrogen-bond acceptors (Lipinski definition) is 28. The fraction of sp³-hybridized carbons (Fsp3) is 0.688. The SMILES string of the molecule is [2H]C([2H])([2H])C(C)(C)Nc1ncc(C(N)=O)c(NC2CCC(C)C(O)C2)n1.[2H]C([2H])([2H])C(C)(Nc1ncc(C(N)=O)c(NC2CCC(C)C(O)C2)n1)C([2H])([2H])[2H].[2H]C([2H])([2H])C(Nc1ncc(C(N)=O)c(NC2CCC(C)C(O)C2)n1)(C([2H])([2H])[2H])C([2H])([2H])[2H].[2H]c1nc(NC(C)(C)C)[nH]c(=NC2([2H])C([2H])C(O)C([2H])(C)C([2H])([2H])C2[2H])c1C(N)=O.[2H]c1nc(NC(C)(C)C)[nH]c(=NC2([2H])C([2H])C(O)C([2H])(C)C([2H])C2([2H])[2H])c1C(N)=O. The Hall–Kier alpha value is -9.45. The van der Waals surface area contributed by atoms with E-state index in [0.29, 0.717) is 32.1 Å². The minimum absolute atomic E-state index is 0.00705. The van der Waals surface area contributed by atoms with Gasteiger partial charge in [-0.15, -0.1) is 0 Å². The molecule has 5 fully saturated rings. The Morgan fingerprint density at radius 2 is 0.765 bits per heavy atom. The Kier molecular flexibility index (Phi) is 20.2. The molecule has 0 aromatic carbocycles. The first-order valence-corrected chi connectivity index (χ1v) is 36.9. The van der Waals surface area contributed by atoms with Crippen molar-refractivity contribution in [2.45, 2.75) is 323 Å². The molecule has 0 spiro atoms. The van der Waals surface area contributed by atoms with Gasteiger partial charge in [-0.25, -0.2) is 24.9 Å². The van der Waals surface area contributed by atoms with E-state index in [1.54, 1.807) is 41.5 Å². The van der Waals surface area contributed by atoms with Crippen LogP contribution in [0, 0.1) is 29.5 Å². The van der Waals surface area contributed by atoms with Gasteiger partial charge in [-0.2, -0.15) is 15.0 Å². The highest BCUT2D eigenvalue weighted by Gasteiger charge is 2.33. The van der Waals surface area contributed by atoms with Gasteiger partial charge in [-0.1, -0.05) is 34.6 Å². The first kappa shape index (κ1) is 56.8. The first-order chi connectivity index (χ1) is 66.2. The number of aromatic nitrogens is 10. The molecule has 0 saturated heterocycles. The van der Waals surface area contributed by atoms with E-state index in [9.17, 15) is 49.5 Å². The fourth-order valence-electron chi connectivity index (χ4n) is 11.4. The van der Waals surface area contributed by atoms with Crippen molar-refractivity contribution in [1.82, 2.24) is 49.8 Å². The molecule has 35 nitrogen and oxygen atoms in total. The Balaban J connectivity index is 0.000000281. The predicted molar refractivity (Wildman–Crippen MR) is 449 cm³/mol. The lowest BCUT2D eigenvalue weighted by atomic mass is 9.85. The number of carbonyl (C=O) groups is 5. The number of rotatable bonds is 18. The Bertz CT molecular complexity index is 5600. The second kappa shape index (κ2) is 40.9. The number of nitrogens with zero attached hydrogens (tertiary/aromatic N) is 10. The van der Waals surface area contributed by atoms with Crippen molar-refractivity contribution < 1.29 is 93.4 Å². The largest absolute Gasteiger partial charge is 0.393 e. The topological polar surface area (TPSA) is 572 Å². The monoisotopic (exact) mass is 1640 g/mol. The zero-order valence-electron chi connectivity index (χ0n) is 98.9. The Morgan fingerprint density at radius 1 is 0.435 bits per heavy atom. The highest BCUT2D eigenvalue weighted by Crippen LogP contribution is 2.33. The van der Waals surface area contributed by atoms with Gasteiger partial charge < -0.3 is 107 Å². The molecule has 115 heavy (non-hydrogen) atoms. The minimum atomic E-state index is -3.51. The highest BCUT2D eigenvalue weighted by molar-refractivity contribution is 5.99. The lowest BCUT2D eigenvalue weighted by Crippen LogP contribution is -2.36. The van der Waals surface area contributed by atoms with Crippen molar-refractivity contribution in [1.29, 1.82) is 0 Å². The summed E-state index contributed by atoms with van der Waals surface area (Å²) < 4.78 is 253. The molecule has 25 N–H and O–H groups in total. The summed E-state index contributed by atoms with van der Waals surface area (Å²) in [5.74, 6) is -9.05. The highest BCUT2D eigenvalue weighted by atomic mass is 16.3. The lowest BCUT2D eigenvalue weighted by Gasteiger charge is -2.32. The molecule has 5 heterocycles. The summed E-state index contributed by atoms with van der Waals surface area (Å²) >= 11 is 0. The Morgan fingerprint density at radius 3 is 1.10 bits per heavy atom. The third kappa shape index (κ3) is 31.9. The van der Waals surface area contributed by atoms with Crippen LogP contribution in [0.25, 0.3) is 0 Å². The van der Waals surface area contributed by atoms with Crippen LogP contribution in [0.2, 0.25) is 0 Å². The van der Waals surface area contributed by atoms with Crippen LogP contribution < -0.4 is 82.2 Å². The minimum Gasteiger partial charge on any atom is -0.393 e. The van der Waals surface area contributed by atoms with Gasteiger partial charge in [-0.05, 0) is 229 Å². The van der Waals surface area contributed by atoms with E-state index >= 15 is 0 Å². The fourth-order valence-corrected chi connectivity index (χ4v) is 11.4.